The third-order valence-corrected chi connectivity index (χ3v) is 10.6. The zero-order chi connectivity index (χ0) is 33.3. The third-order valence-electron chi connectivity index (χ3n) is 9.50. The molecule has 1 aromatic heterocycles. The molecule has 236 valence electrons. The molecule has 0 N–H and O–H groups in total. The van der Waals surface area contributed by atoms with Gasteiger partial charge in [0.25, 0.3) is 0 Å². The topological polar surface area (TPSA) is 3.24 Å². The summed E-state index contributed by atoms with van der Waals surface area (Å²) >= 11 is 1.87. The van der Waals surface area contributed by atoms with Crippen LogP contribution in [0.2, 0.25) is 0 Å². The lowest BCUT2D eigenvalue weighted by molar-refractivity contribution is 1.28. The molecule has 9 aromatic rings. The van der Waals surface area contributed by atoms with Crippen molar-refractivity contribution in [1.82, 2.24) is 0 Å². The first-order valence-electron chi connectivity index (χ1n) is 17.0. The van der Waals surface area contributed by atoms with E-state index in [4.69, 9.17) is 0 Å². The van der Waals surface area contributed by atoms with Crippen molar-refractivity contribution in [3.63, 3.8) is 0 Å². The number of anilines is 3. The Morgan fingerprint density at radius 2 is 0.740 bits per heavy atom. The number of thiophene rings is 1. The molecule has 0 saturated carbocycles. The lowest BCUT2D eigenvalue weighted by Gasteiger charge is -2.27. The molecule has 0 spiro atoms. The van der Waals surface area contributed by atoms with E-state index in [2.05, 4.69) is 205 Å². The first-order chi connectivity index (χ1) is 24.8. The van der Waals surface area contributed by atoms with Crippen LogP contribution < -0.4 is 4.90 Å². The quantitative estimate of drug-likeness (QED) is 0.165. The van der Waals surface area contributed by atoms with Crippen molar-refractivity contribution in [3.8, 4) is 44.5 Å². The van der Waals surface area contributed by atoms with E-state index in [9.17, 15) is 0 Å². The third kappa shape index (κ3) is 5.66. The second-order valence-corrected chi connectivity index (χ2v) is 13.7. The van der Waals surface area contributed by atoms with Gasteiger partial charge in [-0.15, -0.1) is 11.3 Å². The Morgan fingerprint density at radius 1 is 0.280 bits per heavy atom. The molecule has 9 rings (SSSR count). The van der Waals surface area contributed by atoms with E-state index < -0.39 is 0 Å². The van der Waals surface area contributed by atoms with E-state index in [1.807, 2.05) is 11.3 Å². The van der Waals surface area contributed by atoms with Crippen LogP contribution in [0.5, 0.6) is 0 Å². The van der Waals surface area contributed by atoms with Crippen LogP contribution in [0.1, 0.15) is 0 Å². The first-order valence-corrected chi connectivity index (χ1v) is 17.8. The average Bonchev–Trinajstić information content (AvgIpc) is 3.57. The zero-order valence-corrected chi connectivity index (χ0v) is 28.2. The van der Waals surface area contributed by atoms with Crippen LogP contribution in [0.4, 0.5) is 17.1 Å². The van der Waals surface area contributed by atoms with Crippen molar-refractivity contribution in [2.75, 3.05) is 4.90 Å². The van der Waals surface area contributed by atoms with Crippen LogP contribution >= 0.6 is 11.3 Å². The Morgan fingerprint density at radius 3 is 1.34 bits per heavy atom. The van der Waals surface area contributed by atoms with Crippen LogP contribution in [0.15, 0.2) is 200 Å². The number of nitrogens with zero attached hydrogens (tertiary/aromatic N) is 1. The van der Waals surface area contributed by atoms with Crippen molar-refractivity contribution in [1.29, 1.82) is 0 Å². The lowest BCUT2D eigenvalue weighted by atomic mass is 9.93. The van der Waals surface area contributed by atoms with Gasteiger partial charge in [0.05, 0.1) is 0 Å². The van der Waals surface area contributed by atoms with Gasteiger partial charge in [0, 0.05) is 37.2 Å². The van der Waals surface area contributed by atoms with Gasteiger partial charge in [-0.2, -0.15) is 0 Å². The molecule has 0 saturated heterocycles. The summed E-state index contributed by atoms with van der Waals surface area (Å²) < 4.78 is 2.64. The van der Waals surface area contributed by atoms with Gasteiger partial charge < -0.3 is 4.90 Å². The monoisotopic (exact) mass is 655 g/mol. The van der Waals surface area contributed by atoms with Gasteiger partial charge in [-0.3, -0.25) is 0 Å². The highest BCUT2D eigenvalue weighted by Crippen LogP contribution is 2.43. The molecule has 0 unspecified atom stereocenters. The van der Waals surface area contributed by atoms with Crippen molar-refractivity contribution in [2.45, 2.75) is 0 Å². The fraction of sp³-hybridized carbons (Fsp3) is 0. The minimum absolute atomic E-state index is 1.11. The summed E-state index contributed by atoms with van der Waals surface area (Å²) in [7, 11) is 0. The second-order valence-electron chi connectivity index (χ2n) is 12.6. The molecular formula is C48H33NS. The molecule has 0 atom stereocenters. The highest BCUT2D eigenvalue weighted by molar-refractivity contribution is 7.25. The van der Waals surface area contributed by atoms with Gasteiger partial charge in [0.1, 0.15) is 0 Å². The molecule has 0 aliphatic rings. The Bertz CT molecular complexity index is 2470. The van der Waals surface area contributed by atoms with E-state index in [1.165, 1.54) is 64.7 Å². The van der Waals surface area contributed by atoms with Gasteiger partial charge in [0.15, 0.2) is 0 Å². The number of hydrogen-bond donors (Lipinski definition) is 0. The minimum atomic E-state index is 1.11. The van der Waals surface area contributed by atoms with Gasteiger partial charge in [-0.25, -0.2) is 0 Å². The summed E-state index contributed by atoms with van der Waals surface area (Å²) in [5.74, 6) is 0. The van der Waals surface area contributed by atoms with Gasteiger partial charge in [0.2, 0.25) is 0 Å². The summed E-state index contributed by atoms with van der Waals surface area (Å²) in [6.45, 7) is 0. The summed E-state index contributed by atoms with van der Waals surface area (Å²) in [5.41, 5.74) is 13.0. The summed E-state index contributed by atoms with van der Waals surface area (Å²) in [6, 6.07) is 72.3. The molecule has 2 heteroatoms. The van der Waals surface area contributed by atoms with E-state index in [1.54, 1.807) is 0 Å². The van der Waals surface area contributed by atoms with Crippen LogP contribution in [0.3, 0.4) is 0 Å². The first kappa shape index (κ1) is 29.9. The molecule has 0 aliphatic carbocycles. The molecule has 1 heterocycles. The number of fused-ring (bicyclic) bond motifs is 3. The number of hydrogen-bond acceptors (Lipinski definition) is 2. The maximum Gasteiger partial charge on any atom is 0.0468 e. The zero-order valence-electron chi connectivity index (χ0n) is 27.4. The number of benzene rings is 8. The molecule has 8 aromatic carbocycles. The van der Waals surface area contributed by atoms with Gasteiger partial charge in [-0.05, 0) is 93.0 Å². The Balaban J connectivity index is 1.19. The van der Waals surface area contributed by atoms with Gasteiger partial charge >= 0.3 is 0 Å². The van der Waals surface area contributed by atoms with E-state index in [-0.39, 0.29) is 0 Å². The Labute approximate surface area is 297 Å². The van der Waals surface area contributed by atoms with Crippen molar-refractivity contribution >= 4 is 48.6 Å². The fourth-order valence-electron chi connectivity index (χ4n) is 6.99. The predicted octanol–water partition coefficient (Wildman–Crippen LogP) is 14.2. The van der Waals surface area contributed by atoms with E-state index in [0.29, 0.717) is 0 Å². The Kier molecular flexibility index (Phi) is 7.77. The molecule has 0 aliphatic heterocycles. The molecule has 50 heavy (non-hydrogen) atoms. The molecule has 0 radical (unpaired) electrons. The second kappa shape index (κ2) is 13.0. The van der Waals surface area contributed by atoms with Crippen molar-refractivity contribution in [3.05, 3.63) is 200 Å². The van der Waals surface area contributed by atoms with Crippen LogP contribution in [0, 0.1) is 0 Å². The number of rotatable bonds is 7. The standard InChI is InChI=1S/C48H33NS/c1-4-12-34(13-5-1)36-20-25-40(26-21-36)49(41-27-22-37(23-28-41)35-14-6-2-7-15-35)42-29-31-43(46(33-42)38-16-8-3-9-17-38)39-24-30-45-44-18-10-11-19-47(44)50-48(45)32-39/h1-33H. The normalized spacial score (nSPS) is 11.2. The average molecular weight is 656 g/mol. The summed E-state index contributed by atoms with van der Waals surface area (Å²) in [6.07, 6.45) is 0. The Hall–Kier alpha value is -6.22. The van der Waals surface area contributed by atoms with Crippen molar-refractivity contribution < 1.29 is 0 Å². The van der Waals surface area contributed by atoms with Crippen LogP contribution in [0.25, 0.3) is 64.7 Å². The molecule has 1 nitrogen and oxygen atoms in total. The fourth-order valence-corrected chi connectivity index (χ4v) is 8.13. The largest absolute Gasteiger partial charge is 0.310 e. The van der Waals surface area contributed by atoms with Crippen LogP contribution in [-0.2, 0) is 0 Å². The summed E-state index contributed by atoms with van der Waals surface area (Å²) in [5, 5.41) is 2.64. The molecule has 0 fully saturated rings. The predicted molar refractivity (Wildman–Crippen MR) is 216 cm³/mol. The summed E-state index contributed by atoms with van der Waals surface area (Å²) in [4.78, 5) is 2.37. The van der Waals surface area contributed by atoms with Crippen molar-refractivity contribution in [2.24, 2.45) is 0 Å². The van der Waals surface area contributed by atoms with E-state index in [0.717, 1.165) is 17.1 Å². The van der Waals surface area contributed by atoms with Gasteiger partial charge in [-0.1, -0.05) is 152 Å². The molecular weight excluding hydrogens is 623 g/mol. The van der Waals surface area contributed by atoms with Crippen LogP contribution in [-0.4, -0.2) is 0 Å². The molecule has 0 amide bonds. The highest BCUT2D eigenvalue weighted by atomic mass is 32.1. The molecule has 0 bridgehead atoms. The minimum Gasteiger partial charge on any atom is -0.310 e. The lowest BCUT2D eigenvalue weighted by Crippen LogP contribution is -2.10. The maximum atomic E-state index is 2.37. The smallest absolute Gasteiger partial charge is 0.0468 e. The maximum absolute atomic E-state index is 2.37. The SMILES string of the molecule is c1ccc(-c2ccc(N(c3ccc(-c4ccccc4)cc3)c3ccc(-c4ccc5c(c4)sc4ccccc45)c(-c4ccccc4)c3)cc2)cc1. The highest BCUT2D eigenvalue weighted by Gasteiger charge is 2.18. The van der Waals surface area contributed by atoms with E-state index >= 15 is 0 Å².